The molecule has 1 aliphatic rings. The molecule has 1 aromatic rings. The van der Waals surface area contributed by atoms with Gasteiger partial charge in [-0.25, -0.2) is 0 Å². The maximum Gasteiger partial charge on any atom is 0.255 e. The summed E-state index contributed by atoms with van der Waals surface area (Å²) in [6.07, 6.45) is 0.968. The van der Waals surface area contributed by atoms with Gasteiger partial charge in [-0.1, -0.05) is 12.1 Å². The monoisotopic (exact) mass is 406 g/mol. The van der Waals surface area contributed by atoms with E-state index >= 15 is 0 Å². The quantitative estimate of drug-likeness (QED) is 0.608. The van der Waals surface area contributed by atoms with Gasteiger partial charge in [0.15, 0.2) is 0 Å². The Kier molecular flexibility index (Phi) is 13.5. The highest BCUT2D eigenvalue weighted by molar-refractivity contribution is 5.96. The number of hydrogen-bond donors (Lipinski definition) is 2. The Balaban J connectivity index is 0.00000312. The van der Waals surface area contributed by atoms with E-state index in [0.29, 0.717) is 24.5 Å². The third-order valence-electron chi connectivity index (χ3n) is 4.07. The number of halogens is 2. The lowest BCUT2D eigenvalue weighted by molar-refractivity contribution is 0.0947. The van der Waals surface area contributed by atoms with E-state index in [1.54, 1.807) is 0 Å². The summed E-state index contributed by atoms with van der Waals surface area (Å²) in [7, 11) is 4.00. The molecule has 150 valence electrons. The Bertz CT molecular complexity index is 512. The fourth-order valence-corrected chi connectivity index (χ4v) is 2.65. The Hall–Kier alpha value is -1.05. The number of amides is 1. The topological polar surface area (TPSA) is 56.8 Å². The Morgan fingerprint density at radius 1 is 1.23 bits per heavy atom. The molecule has 2 rings (SSSR count). The predicted octanol–water partition coefficient (Wildman–Crippen LogP) is 1.50. The van der Waals surface area contributed by atoms with Gasteiger partial charge < -0.3 is 25.2 Å². The number of carbonyl (C=O) groups is 1. The Morgan fingerprint density at radius 3 is 2.62 bits per heavy atom. The van der Waals surface area contributed by atoms with Gasteiger partial charge in [0.05, 0.1) is 5.56 Å². The second-order valence-corrected chi connectivity index (χ2v) is 6.35. The van der Waals surface area contributed by atoms with Crippen molar-refractivity contribution in [1.29, 1.82) is 0 Å². The molecule has 0 atom stereocenters. The number of piperazine rings is 1. The highest BCUT2D eigenvalue weighted by atomic mass is 35.5. The lowest BCUT2D eigenvalue weighted by atomic mass is 10.2. The average Bonchev–Trinajstić information content (AvgIpc) is 2.59. The van der Waals surface area contributed by atoms with Crippen LogP contribution in [0.4, 0.5) is 0 Å². The van der Waals surface area contributed by atoms with Crippen LogP contribution in [0.15, 0.2) is 24.3 Å². The van der Waals surface area contributed by atoms with Crippen LogP contribution >= 0.6 is 24.8 Å². The van der Waals surface area contributed by atoms with Crippen molar-refractivity contribution in [3.05, 3.63) is 29.8 Å². The van der Waals surface area contributed by atoms with E-state index in [4.69, 9.17) is 4.74 Å². The first-order valence-electron chi connectivity index (χ1n) is 8.74. The van der Waals surface area contributed by atoms with E-state index in [1.807, 2.05) is 38.4 Å². The van der Waals surface area contributed by atoms with E-state index in [1.165, 1.54) is 0 Å². The van der Waals surface area contributed by atoms with Crippen molar-refractivity contribution in [3.8, 4) is 5.75 Å². The molecule has 0 unspecified atom stereocenters. The van der Waals surface area contributed by atoms with E-state index < -0.39 is 0 Å². The first-order chi connectivity index (χ1) is 11.7. The Morgan fingerprint density at radius 2 is 1.92 bits per heavy atom. The van der Waals surface area contributed by atoms with Crippen LogP contribution < -0.4 is 15.4 Å². The Labute approximate surface area is 169 Å². The van der Waals surface area contributed by atoms with Crippen molar-refractivity contribution in [3.63, 3.8) is 0 Å². The van der Waals surface area contributed by atoms with E-state index in [2.05, 4.69) is 20.4 Å². The predicted molar refractivity (Wildman–Crippen MR) is 111 cm³/mol. The van der Waals surface area contributed by atoms with E-state index in [0.717, 1.165) is 45.7 Å². The van der Waals surface area contributed by atoms with Gasteiger partial charge in [0, 0.05) is 39.3 Å². The average molecular weight is 407 g/mol. The lowest BCUT2D eigenvalue weighted by Crippen LogP contribution is -2.44. The molecule has 0 spiro atoms. The number of benzene rings is 1. The van der Waals surface area contributed by atoms with Gasteiger partial charge in [-0.3, -0.25) is 4.79 Å². The van der Waals surface area contributed by atoms with Crippen LogP contribution in [0.3, 0.4) is 0 Å². The molecule has 1 fully saturated rings. The lowest BCUT2D eigenvalue weighted by Gasteiger charge is -2.27. The molecule has 1 aliphatic heterocycles. The molecule has 1 heterocycles. The van der Waals surface area contributed by atoms with Crippen LogP contribution in [0.25, 0.3) is 0 Å². The number of nitrogens with one attached hydrogen (secondary N) is 2. The van der Waals surface area contributed by atoms with Gasteiger partial charge in [0.1, 0.15) is 12.4 Å². The molecule has 0 aromatic heterocycles. The summed E-state index contributed by atoms with van der Waals surface area (Å²) in [4.78, 5) is 16.9. The van der Waals surface area contributed by atoms with Crippen LogP contribution in [0.2, 0.25) is 0 Å². The number of nitrogens with zero attached hydrogens (tertiary/aromatic N) is 2. The number of rotatable bonds is 9. The van der Waals surface area contributed by atoms with E-state index in [9.17, 15) is 4.79 Å². The van der Waals surface area contributed by atoms with Gasteiger partial charge in [0.2, 0.25) is 0 Å². The van der Waals surface area contributed by atoms with Crippen molar-refractivity contribution in [2.75, 3.05) is 66.5 Å². The summed E-state index contributed by atoms with van der Waals surface area (Å²) in [6, 6.07) is 7.43. The number of carbonyl (C=O) groups excluding carboxylic acids is 1. The third-order valence-corrected chi connectivity index (χ3v) is 4.07. The van der Waals surface area contributed by atoms with Crippen molar-refractivity contribution >= 4 is 30.7 Å². The smallest absolute Gasteiger partial charge is 0.255 e. The van der Waals surface area contributed by atoms with Crippen LogP contribution in [-0.2, 0) is 0 Å². The number of ether oxygens (including phenoxy) is 1. The summed E-state index contributed by atoms with van der Waals surface area (Å²) in [5, 5.41) is 6.35. The van der Waals surface area contributed by atoms with Gasteiger partial charge in [0.25, 0.3) is 5.91 Å². The van der Waals surface area contributed by atoms with Crippen LogP contribution in [0.5, 0.6) is 5.75 Å². The van der Waals surface area contributed by atoms with Crippen LogP contribution in [-0.4, -0.2) is 82.2 Å². The molecule has 0 saturated carbocycles. The first-order valence-corrected chi connectivity index (χ1v) is 8.74. The second-order valence-electron chi connectivity index (χ2n) is 6.35. The molecule has 0 aliphatic carbocycles. The molecule has 0 radical (unpaired) electrons. The zero-order valence-electron chi connectivity index (χ0n) is 15.7. The summed E-state index contributed by atoms with van der Waals surface area (Å²) in [5.74, 6) is 0.592. The van der Waals surface area contributed by atoms with Gasteiger partial charge in [-0.05, 0) is 39.2 Å². The zero-order chi connectivity index (χ0) is 17.2. The molecule has 26 heavy (non-hydrogen) atoms. The van der Waals surface area contributed by atoms with Crippen molar-refractivity contribution in [2.45, 2.75) is 6.42 Å². The normalized spacial score (nSPS) is 14.3. The van der Waals surface area contributed by atoms with Crippen molar-refractivity contribution in [1.82, 2.24) is 20.4 Å². The maximum atomic E-state index is 12.4. The van der Waals surface area contributed by atoms with Crippen molar-refractivity contribution < 1.29 is 9.53 Å². The largest absolute Gasteiger partial charge is 0.491 e. The fraction of sp³-hybridized carbons (Fsp3) is 0.611. The first kappa shape index (κ1) is 24.9. The fourth-order valence-electron chi connectivity index (χ4n) is 2.65. The zero-order valence-corrected chi connectivity index (χ0v) is 17.3. The summed E-state index contributed by atoms with van der Waals surface area (Å²) >= 11 is 0. The minimum Gasteiger partial charge on any atom is -0.491 e. The standard InChI is InChI=1S/C18H30N4O2.2ClH/c1-21(2)14-15-24-17-7-4-3-6-16(17)18(23)20-8-5-11-22-12-9-19-10-13-22;;/h3-4,6-7,19H,5,8-15H2,1-2H3,(H,20,23);2*1H. The van der Waals surface area contributed by atoms with E-state index in [-0.39, 0.29) is 30.7 Å². The SMILES string of the molecule is CN(C)CCOc1ccccc1C(=O)NCCCN1CCNCC1.Cl.Cl. The van der Waals surface area contributed by atoms with Crippen molar-refractivity contribution in [2.24, 2.45) is 0 Å². The van der Waals surface area contributed by atoms with Crippen LogP contribution in [0.1, 0.15) is 16.8 Å². The highest BCUT2D eigenvalue weighted by Gasteiger charge is 2.12. The third kappa shape index (κ3) is 9.05. The minimum absolute atomic E-state index is 0. The molecule has 2 N–H and O–H groups in total. The molecule has 0 bridgehead atoms. The van der Waals surface area contributed by atoms with Gasteiger partial charge in [-0.2, -0.15) is 0 Å². The van der Waals surface area contributed by atoms with Gasteiger partial charge >= 0.3 is 0 Å². The molecule has 1 aromatic carbocycles. The second kappa shape index (κ2) is 14.1. The molecule has 1 amide bonds. The number of hydrogen-bond acceptors (Lipinski definition) is 5. The minimum atomic E-state index is -0.0595. The molecular weight excluding hydrogens is 375 g/mol. The molecule has 6 nitrogen and oxygen atoms in total. The highest BCUT2D eigenvalue weighted by Crippen LogP contribution is 2.17. The summed E-state index contributed by atoms with van der Waals surface area (Å²) in [5.41, 5.74) is 0.610. The molecular formula is C18H32Cl2N4O2. The maximum absolute atomic E-state index is 12.4. The summed E-state index contributed by atoms with van der Waals surface area (Å²) < 4.78 is 5.75. The molecule has 8 heteroatoms. The van der Waals surface area contributed by atoms with Gasteiger partial charge in [-0.15, -0.1) is 24.8 Å². The number of para-hydroxylation sites is 1. The summed E-state index contributed by atoms with van der Waals surface area (Å²) in [6.45, 7) is 7.42. The van der Waals surface area contributed by atoms with Crippen LogP contribution in [0, 0.1) is 0 Å². The number of likely N-dealkylation sites (N-methyl/N-ethyl adjacent to an activating group) is 1. The molecule has 1 saturated heterocycles.